The van der Waals surface area contributed by atoms with E-state index in [1.54, 1.807) is 24.3 Å². The van der Waals surface area contributed by atoms with Gasteiger partial charge in [0.05, 0.1) is 5.56 Å². The summed E-state index contributed by atoms with van der Waals surface area (Å²) < 4.78 is 16.9. The first-order chi connectivity index (χ1) is 9.56. The van der Waals surface area contributed by atoms with E-state index in [4.69, 9.17) is 5.73 Å². The zero-order valence-corrected chi connectivity index (χ0v) is 14.7. The fraction of sp³-hybridized carbons (Fsp3) is 0.562. The normalized spacial score (nSPS) is 13.7. The van der Waals surface area contributed by atoms with Crippen molar-refractivity contribution in [2.75, 3.05) is 6.66 Å². The minimum atomic E-state index is -2.16. The Bertz CT molecular complexity index is 425. The van der Waals surface area contributed by atoms with Gasteiger partial charge in [0.2, 0.25) is 0 Å². The number of hydrogen-bond acceptors (Lipinski definition) is 3. The second-order valence-electron chi connectivity index (χ2n) is 6.12. The molecule has 3 nitrogen and oxygen atoms in total. The highest BCUT2D eigenvalue weighted by Gasteiger charge is 2.11. The van der Waals surface area contributed by atoms with Crippen LogP contribution < -0.4 is 5.73 Å². The van der Waals surface area contributed by atoms with Crippen molar-refractivity contribution in [2.45, 2.75) is 47.1 Å². The van der Waals surface area contributed by atoms with Crippen LogP contribution in [0, 0.1) is 5.41 Å². The quantitative estimate of drug-likeness (QED) is 0.778. The van der Waals surface area contributed by atoms with Gasteiger partial charge in [-0.25, -0.2) is 4.79 Å². The van der Waals surface area contributed by atoms with Gasteiger partial charge in [-0.05, 0) is 30.0 Å². The van der Waals surface area contributed by atoms with Crippen molar-refractivity contribution in [2.24, 2.45) is 11.1 Å². The van der Waals surface area contributed by atoms with Crippen LogP contribution in [0.5, 0.6) is 0 Å². The number of hydrogen-bond donors (Lipinski definition) is 1. The predicted molar refractivity (Wildman–Crippen MR) is 88.2 cm³/mol. The maximum absolute atomic E-state index is 12.4. The largest absolute Gasteiger partial charge is 0.409 e. The molecular weight excluding hydrogens is 288 g/mol. The highest BCUT2D eigenvalue weighted by atomic mass is 31.2. The van der Waals surface area contributed by atoms with E-state index in [-0.39, 0.29) is 6.04 Å². The fourth-order valence-corrected chi connectivity index (χ4v) is 1.42. The summed E-state index contributed by atoms with van der Waals surface area (Å²) in [5.74, 6) is -0.637. The first kappa shape index (κ1) is 20.0. The molecule has 0 aliphatic heterocycles. The van der Waals surface area contributed by atoms with Gasteiger partial charge in [-0.15, -0.1) is 0 Å². The van der Waals surface area contributed by atoms with Gasteiger partial charge in [0, 0.05) is 12.7 Å². The molecule has 0 saturated heterocycles. The Morgan fingerprint density at radius 1 is 1.33 bits per heavy atom. The minimum Gasteiger partial charge on any atom is -0.409 e. The standard InChI is InChI=1S/C10H13FNO2P.C6H14/c1-7(12)8-3-5-9(6-4-8)10(13)14-15(2)11;1-5-6(2,3)4/h3-7H,12H2,1-2H3;5H2,1-4H3. The molecule has 0 aromatic heterocycles. The topological polar surface area (TPSA) is 52.3 Å². The summed E-state index contributed by atoms with van der Waals surface area (Å²) in [7, 11) is -2.16. The van der Waals surface area contributed by atoms with E-state index in [2.05, 4.69) is 32.2 Å². The molecule has 1 rings (SSSR count). The van der Waals surface area contributed by atoms with E-state index < -0.39 is 14.4 Å². The zero-order chi connectivity index (χ0) is 16.6. The van der Waals surface area contributed by atoms with E-state index in [9.17, 15) is 8.99 Å². The number of halogens is 1. The Morgan fingerprint density at radius 2 is 1.76 bits per heavy atom. The van der Waals surface area contributed by atoms with E-state index >= 15 is 0 Å². The maximum Gasteiger partial charge on any atom is 0.342 e. The van der Waals surface area contributed by atoms with Crippen LogP contribution >= 0.6 is 8.46 Å². The molecule has 1 aromatic carbocycles. The molecule has 0 bridgehead atoms. The average Bonchev–Trinajstić information content (AvgIpc) is 2.38. The van der Waals surface area contributed by atoms with Crippen LogP contribution in [0.15, 0.2) is 24.3 Å². The molecule has 1 aromatic rings. The molecule has 0 heterocycles. The zero-order valence-electron chi connectivity index (χ0n) is 13.8. The molecule has 0 amide bonds. The van der Waals surface area contributed by atoms with Crippen molar-refractivity contribution in [1.29, 1.82) is 0 Å². The number of nitrogens with two attached hydrogens (primary N) is 1. The average molecular weight is 315 g/mol. The van der Waals surface area contributed by atoms with Crippen molar-refractivity contribution in [3.63, 3.8) is 0 Å². The fourth-order valence-electron chi connectivity index (χ4n) is 1.09. The highest BCUT2D eigenvalue weighted by Crippen LogP contribution is 2.34. The number of rotatable bonds is 3. The highest BCUT2D eigenvalue weighted by molar-refractivity contribution is 7.46. The van der Waals surface area contributed by atoms with Crippen molar-refractivity contribution < 1.29 is 13.5 Å². The van der Waals surface area contributed by atoms with Crippen LogP contribution in [0.1, 0.15) is 63.0 Å². The van der Waals surface area contributed by atoms with Crippen molar-refractivity contribution in [1.82, 2.24) is 0 Å². The van der Waals surface area contributed by atoms with Gasteiger partial charge < -0.3 is 10.3 Å². The lowest BCUT2D eigenvalue weighted by molar-refractivity contribution is 0.0747. The van der Waals surface area contributed by atoms with Crippen LogP contribution in [0.2, 0.25) is 0 Å². The summed E-state index contributed by atoms with van der Waals surface area (Å²) in [6.45, 7) is 12.0. The van der Waals surface area contributed by atoms with Gasteiger partial charge in [-0.3, -0.25) is 0 Å². The van der Waals surface area contributed by atoms with Gasteiger partial charge in [0.1, 0.15) is 0 Å². The Kier molecular flexibility index (Phi) is 8.68. The van der Waals surface area contributed by atoms with Crippen molar-refractivity contribution in [3.05, 3.63) is 35.4 Å². The third kappa shape index (κ3) is 9.54. The summed E-state index contributed by atoms with van der Waals surface area (Å²) in [6.07, 6.45) is 1.27. The van der Waals surface area contributed by atoms with Crippen LogP contribution in [0.4, 0.5) is 4.20 Å². The van der Waals surface area contributed by atoms with Crippen LogP contribution in [-0.2, 0) is 4.52 Å². The third-order valence-electron chi connectivity index (χ3n) is 2.94. The second kappa shape index (κ2) is 9.11. The molecule has 0 aliphatic rings. The number of carbonyl (C=O) groups excluding carboxylic acids is 1. The second-order valence-corrected chi connectivity index (χ2v) is 7.15. The maximum atomic E-state index is 12.4. The molecular formula is C16H27FNO2P. The summed E-state index contributed by atoms with van der Waals surface area (Å²) in [5.41, 5.74) is 7.45. The summed E-state index contributed by atoms with van der Waals surface area (Å²) in [4.78, 5) is 11.3. The van der Waals surface area contributed by atoms with E-state index in [1.165, 1.54) is 13.1 Å². The monoisotopic (exact) mass is 315 g/mol. The number of carbonyl (C=O) groups is 1. The van der Waals surface area contributed by atoms with Crippen molar-refractivity contribution in [3.8, 4) is 0 Å². The van der Waals surface area contributed by atoms with Gasteiger partial charge in [0.25, 0.3) is 8.46 Å². The molecule has 0 spiro atoms. The first-order valence-electron chi connectivity index (χ1n) is 7.04. The summed E-state index contributed by atoms with van der Waals surface area (Å²) >= 11 is 0. The molecule has 2 atom stereocenters. The molecule has 120 valence electrons. The molecule has 2 unspecified atom stereocenters. The van der Waals surface area contributed by atoms with Gasteiger partial charge >= 0.3 is 5.97 Å². The lowest BCUT2D eigenvalue weighted by atomic mass is 9.94. The predicted octanol–water partition coefficient (Wildman–Crippen LogP) is 5.22. The lowest BCUT2D eigenvalue weighted by Gasteiger charge is -2.12. The first-order valence-corrected chi connectivity index (χ1v) is 8.64. The van der Waals surface area contributed by atoms with E-state index in [0.29, 0.717) is 11.0 Å². The van der Waals surface area contributed by atoms with Gasteiger partial charge in [-0.2, -0.15) is 4.20 Å². The molecule has 0 radical (unpaired) electrons. The van der Waals surface area contributed by atoms with Crippen LogP contribution in [0.25, 0.3) is 0 Å². The van der Waals surface area contributed by atoms with Crippen LogP contribution in [0.3, 0.4) is 0 Å². The SMILES string of the molecule is CC(N)c1ccc(C(=O)OP(C)F)cc1.CCC(C)(C)C. The number of benzene rings is 1. The smallest absolute Gasteiger partial charge is 0.342 e. The molecule has 21 heavy (non-hydrogen) atoms. The Morgan fingerprint density at radius 3 is 2.05 bits per heavy atom. The Labute approximate surface area is 129 Å². The Hall–Kier alpha value is -0.990. The molecule has 2 N–H and O–H groups in total. The van der Waals surface area contributed by atoms with Crippen molar-refractivity contribution >= 4 is 14.4 Å². The molecule has 0 fully saturated rings. The third-order valence-corrected chi connectivity index (χ3v) is 3.36. The summed E-state index contributed by atoms with van der Waals surface area (Å²) in [6, 6.07) is 6.55. The molecule has 5 heteroatoms. The summed E-state index contributed by atoms with van der Waals surface area (Å²) in [5, 5.41) is 0. The lowest BCUT2D eigenvalue weighted by Crippen LogP contribution is -2.06. The minimum absolute atomic E-state index is 0.0838. The van der Waals surface area contributed by atoms with Gasteiger partial charge in [0.15, 0.2) is 0 Å². The Balaban J connectivity index is 0.000000567. The van der Waals surface area contributed by atoms with E-state index in [0.717, 1.165) is 5.56 Å². The van der Waals surface area contributed by atoms with Gasteiger partial charge in [-0.1, -0.05) is 46.2 Å². The molecule has 0 saturated carbocycles. The molecule has 0 aliphatic carbocycles. The van der Waals surface area contributed by atoms with Crippen LogP contribution in [-0.4, -0.2) is 12.6 Å². The van der Waals surface area contributed by atoms with E-state index in [1.807, 2.05) is 6.92 Å².